The van der Waals surface area contributed by atoms with Gasteiger partial charge in [0, 0.05) is 25.4 Å². The van der Waals surface area contributed by atoms with Crippen LogP contribution in [0, 0.1) is 0 Å². The topological polar surface area (TPSA) is 68.8 Å². The van der Waals surface area contributed by atoms with Crippen LogP contribution in [0.15, 0.2) is 18.5 Å². The molecule has 5 nitrogen and oxygen atoms in total. The highest BCUT2D eigenvalue weighted by Crippen LogP contribution is 2.23. The van der Waals surface area contributed by atoms with Crippen LogP contribution < -0.4 is 11.1 Å². The summed E-state index contributed by atoms with van der Waals surface area (Å²) in [5.74, 6) is 1.18. The SMILES string of the molecule is Cn1ncc(CNc2ncc(Cl)cc2Cl)c1N. The van der Waals surface area contributed by atoms with Crippen LogP contribution in [0.4, 0.5) is 11.6 Å². The minimum absolute atomic E-state index is 0.472. The van der Waals surface area contributed by atoms with Gasteiger partial charge in [-0.3, -0.25) is 4.68 Å². The first-order valence-corrected chi connectivity index (χ1v) is 5.65. The molecule has 0 aliphatic carbocycles. The van der Waals surface area contributed by atoms with Crippen molar-refractivity contribution in [2.45, 2.75) is 6.54 Å². The molecule has 0 saturated heterocycles. The molecule has 0 fully saturated rings. The Morgan fingerprint density at radius 2 is 2.18 bits per heavy atom. The summed E-state index contributed by atoms with van der Waals surface area (Å²) in [5, 5.41) is 8.09. The number of aryl methyl sites for hydroxylation is 1. The second-order valence-electron chi connectivity index (χ2n) is 3.52. The minimum Gasteiger partial charge on any atom is -0.384 e. The molecule has 0 aliphatic heterocycles. The van der Waals surface area contributed by atoms with Crippen LogP contribution in [0.25, 0.3) is 0 Å². The number of hydrogen-bond donors (Lipinski definition) is 2. The van der Waals surface area contributed by atoms with Crippen molar-refractivity contribution in [3.63, 3.8) is 0 Å². The Morgan fingerprint density at radius 3 is 2.76 bits per heavy atom. The van der Waals surface area contributed by atoms with Gasteiger partial charge in [-0.15, -0.1) is 0 Å². The molecular weight excluding hydrogens is 261 g/mol. The van der Waals surface area contributed by atoms with Crippen LogP contribution in [0.3, 0.4) is 0 Å². The Labute approximate surface area is 109 Å². The van der Waals surface area contributed by atoms with Crippen molar-refractivity contribution in [2.75, 3.05) is 11.1 Å². The molecule has 0 amide bonds. The summed E-state index contributed by atoms with van der Waals surface area (Å²) in [6, 6.07) is 1.63. The van der Waals surface area contributed by atoms with Crippen molar-refractivity contribution in [3.8, 4) is 0 Å². The summed E-state index contributed by atoms with van der Waals surface area (Å²) in [4.78, 5) is 4.09. The van der Waals surface area contributed by atoms with E-state index in [0.717, 1.165) is 5.56 Å². The maximum atomic E-state index is 5.98. The van der Waals surface area contributed by atoms with Crippen molar-refractivity contribution >= 4 is 34.8 Å². The first-order valence-electron chi connectivity index (χ1n) is 4.89. The lowest BCUT2D eigenvalue weighted by molar-refractivity contribution is 0.778. The number of nitrogens with zero attached hydrogens (tertiary/aromatic N) is 3. The second-order valence-corrected chi connectivity index (χ2v) is 4.36. The van der Waals surface area contributed by atoms with Crippen LogP contribution in [-0.4, -0.2) is 14.8 Å². The third kappa shape index (κ3) is 2.62. The van der Waals surface area contributed by atoms with Crippen molar-refractivity contribution in [1.82, 2.24) is 14.8 Å². The lowest BCUT2D eigenvalue weighted by Gasteiger charge is -2.06. The summed E-state index contributed by atoms with van der Waals surface area (Å²) < 4.78 is 1.61. The maximum Gasteiger partial charge on any atom is 0.145 e. The molecule has 7 heteroatoms. The zero-order valence-corrected chi connectivity index (χ0v) is 10.6. The maximum absolute atomic E-state index is 5.98. The van der Waals surface area contributed by atoms with Crippen LogP contribution in [-0.2, 0) is 13.6 Å². The van der Waals surface area contributed by atoms with Crippen molar-refractivity contribution in [3.05, 3.63) is 34.1 Å². The summed E-state index contributed by atoms with van der Waals surface area (Å²) in [6.07, 6.45) is 3.23. The van der Waals surface area contributed by atoms with Crippen molar-refractivity contribution < 1.29 is 0 Å². The van der Waals surface area contributed by atoms with E-state index in [4.69, 9.17) is 28.9 Å². The molecule has 0 unspecified atom stereocenters. The largest absolute Gasteiger partial charge is 0.384 e. The molecule has 2 aromatic rings. The normalized spacial score (nSPS) is 10.5. The third-order valence-electron chi connectivity index (χ3n) is 2.32. The monoisotopic (exact) mass is 271 g/mol. The lowest BCUT2D eigenvalue weighted by Crippen LogP contribution is -2.05. The highest BCUT2D eigenvalue weighted by molar-refractivity contribution is 6.35. The Hall–Kier alpha value is -1.46. The molecule has 3 N–H and O–H groups in total. The summed E-state index contributed by atoms with van der Waals surface area (Å²) in [6.45, 7) is 0.508. The molecule has 90 valence electrons. The molecule has 0 atom stereocenters. The van der Waals surface area contributed by atoms with E-state index in [9.17, 15) is 0 Å². The van der Waals surface area contributed by atoms with Gasteiger partial charge >= 0.3 is 0 Å². The lowest BCUT2D eigenvalue weighted by atomic mass is 10.3. The molecular formula is C10H11Cl2N5. The van der Waals surface area contributed by atoms with Crippen molar-refractivity contribution in [1.29, 1.82) is 0 Å². The van der Waals surface area contributed by atoms with Crippen LogP contribution >= 0.6 is 23.2 Å². The minimum atomic E-state index is 0.472. The third-order valence-corrected chi connectivity index (χ3v) is 2.81. The summed E-state index contributed by atoms with van der Waals surface area (Å²) in [7, 11) is 1.78. The van der Waals surface area contributed by atoms with Crippen LogP contribution in [0.2, 0.25) is 10.0 Å². The Bertz CT molecular complexity index is 537. The second kappa shape index (κ2) is 4.81. The fourth-order valence-corrected chi connectivity index (χ4v) is 1.80. The average molecular weight is 272 g/mol. The molecule has 0 spiro atoms. The first-order chi connectivity index (χ1) is 8.08. The fourth-order valence-electron chi connectivity index (χ4n) is 1.35. The average Bonchev–Trinajstić information content (AvgIpc) is 2.59. The van der Waals surface area contributed by atoms with E-state index in [2.05, 4.69) is 15.4 Å². The Morgan fingerprint density at radius 1 is 1.41 bits per heavy atom. The van der Waals surface area contributed by atoms with Gasteiger partial charge in [-0.25, -0.2) is 4.98 Å². The number of hydrogen-bond acceptors (Lipinski definition) is 4. The summed E-state index contributed by atoms with van der Waals surface area (Å²) >= 11 is 11.7. The highest BCUT2D eigenvalue weighted by atomic mass is 35.5. The van der Waals surface area contributed by atoms with Gasteiger partial charge in [0.25, 0.3) is 0 Å². The standard InChI is InChI=1S/C10H11Cl2N5/c1-17-9(13)6(4-16-17)3-14-10-8(12)2-7(11)5-15-10/h2,4-5H,3,13H2,1H3,(H,14,15). The van der Waals surface area contributed by atoms with Gasteiger partial charge in [0.1, 0.15) is 11.6 Å². The summed E-state index contributed by atoms with van der Waals surface area (Å²) in [5.41, 5.74) is 6.70. The van der Waals surface area contributed by atoms with Gasteiger partial charge in [-0.1, -0.05) is 23.2 Å². The molecule has 0 aliphatic rings. The van der Waals surface area contributed by atoms with Gasteiger partial charge in [-0.2, -0.15) is 5.10 Å². The van der Waals surface area contributed by atoms with Crippen LogP contribution in [0.5, 0.6) is 0 Å². The smallest absolute Gasteiger partial charge is 0.145 e. The number of aromatic nitrogens is 3. The molecule has 2 aromatic heterocycles. The predicted octanol–water partition coefficient (Wildman–Crippen LogP) is 2.32. The van der Waals surface area contributed by atoms with E-state index < -0.39 is 0 Å². The van der Waals surface area contributed by atoms with E-state index >= 15 is 0 Å². The van der Waals surface area contributed by atoms with Gasteiger partial charge in [0.15, 0.2) is 0 Å². The number of nitrogens with one attached hydrogen (secondary N) is 1. The van der Waals surface area contributed by atoms with Gasteiger partial charge < -0.3 is 11.1 Å². The number of nitrogen functional groups attached to an aromatic ring is 1. The molecule has 2 heterocycles. The Balaban J connectivity index is 2.10. The van der Waals surface area contributed by atoms with Crippen molar-refractivity contribution in [2.24, 2.45) is 7.05 Å². The van der Waals surface area contributed by atoms with E-state index in [0.29, 0.717) is 28.2 Å². The fraction of sp³-hybridized carbons (Fsp3) is 0.200. The van der Waals surface area contributed by atoms with E-state index in [1.807, 2.05) is 0 Å². The molecule has 0 aromatic carbocycles. The predicted molar refractivity (Wildman–Crippen MR) is 69.2 cm³/mol. The van der Waals surface area contributed by atoms with Gasteiger partial charge in [-0.05, 0) is 6.07 Å². The molecule has 0 bridgehead atoms. The number of nitrogens with two attached hydrogens (primary N) is 1. The quantitative estimate of drug-likeness (QED) is 0.899. The van der Waals surface area contributed by atoms with Crippen LogP contribution in [0.1, 0.15) is 5.56 Å². The number of rotatable bonds is 3. The number of halogens is 2. The highest BCUT2D eigenvalue weighted by Gasteiger charge is 2.06. The molecule has 2 rings (SSSR count). The van der Waals surface area contributed by atoms with Gasteiger partial charge in [0.2, 0.25) is 0 Å². The van der Waals surface area contributed by atoms with E-state index in [1.54, 1.807) is 24.0 Å². The number of pyridine rings is 1. The molecule has 0 radical (unpaired) electrons. The van der Waals surface area contributed by atoms with E-state index in [1.165, 1.54) is 6.20 Å². The van der Waals surface area contributed by atoms with Gasteiger partial charge in [0.05, 0.1) is 16.2 Å². The van der Waals surface area contributed by atoms with E-state index in [-0.39, 0.29) is 0 Å². The number of anilines is 2. The first kappa shape index (κ1) is 12.0. The molecule has 17 heavy (non-hydrogen) atoms. The Kier molecular flexibility index (Phi) is 3.40. The zero-order valence-electron chi connectivity index (χ0n) is 9.11. The zero-order chi connectivity index (χ0) is 12.4. The molecule has 0 saturated carbocycles.